The first-order chi connectivity index (χ1) is 7.29. The molecule has 1 rings (SSSR count). The molecule has 0 saturated carbocycles. The molecule has 0 bridgehead atoms. The largest absolute Gasteiger partial charge is 0.397 e. The lowest BCUT2D eigenvalue weighted by Crippen LogP contribution is -2.46. The lowest BCUT2D eigenvalue weighted by Gasteiger charge is -2.34. The van der Waals surface area contributed by atoms with Crippen molar-refractivity contribution in [3.05, 3.63) is 0 Å². The van der Waals surface area contributed by atoms with Gasteiger partial charge in [-0.05, 0) is 25.7 Å². The Kier molecular flexibility index (Phi) is 6.26. The number of piperidine rings is 1. The van der Waals surface area contributed by atoms with Gasteiger partial charge in [0.1, 0.15) is 6.42 Å². The van der Waals surface area contributed by atoms with Crippen LogP contribution in [0.5, 0.6) is 0 Å². The summed E-state index contributed by atoms with van der Waals surface area (Å²) in [4.78, 5) is 12.6. The summed E-state index contributed by atoms with van der Waals surface area (Å²) in [5.74, 6) is -0.719. The molecule has 2 atom stereocenters. The summed E-state index contributed by atoms with van der Waals surface area (Å²) >= 11 is 0. The van der Waals surface area contributed by atoms with E-state index < -0.39 is 18.5 Å². The normalized spacial score (nSPS) is 22.9. The molecule has 0 aliphatic carbocycles. The first-order valence-electron chi connectivity index (χ1n) is 5.39. The number of likely N-dealkylation sites (tertiary alicyclic amines) is 1. The molecule has 1 fully saturated rings. The van der Waals surface area contributed by atoms with Crippen molar-refractivity contribution in [3.8, 4) is 0 Å². The molecule has 1 aliphatic rings. The van der Waals surface area contributed by atoms with Gasteiger partial charge in [-0.2, -0.15) is 13.2 Å². The predicted molar refractivity (Wildman–Crippen MR) is 60.9 cm³/mol. The van der Waals surface area contributed by atoms with Gasteiger partial charge in [-0.25, -0.2) is 0 Å². The van der Waals surface area contributed by atoms with Crippen LogP contribution < -0.4 is 5.73 Å². The highest BCUT2D eigenvalue weighted by Gasteiger charge is 2.35. The topological polar surface area (TPSA) is 46.3 Å². The third-order valence-electron chi connectivity index (χ3n) is 2.91. The summed E-state index contributed by atoms with van der Waals surface area (Å²) in [7, 11) is 0. The van der Waals surface area contributed by atoms with E-state index in [4.69, 9.17) is 5.73 Å². The Hall–Kier alpha value is -0.490. The Labute approximate surface area is 105 Å². The fraction of sp³-hybridized carbons (Fsp3) is 0.900. The minimum Gasteiger partial charge on any atom is -0.342 e. The molecule has 1 aliphatic heterocycles. The number of nitrogens with zero attached hydrogens (tertiary/aromatic N) is 1. The number of carbonyl (C=O) groups is 1. The number of alkyl halides is 3. The highest BCUT2D eigenvalue weighted by atomic mass is 35.5. The third kappa shape index (κ3) is 5.59. The summed E-state index contributed by atoms with van der Waals surface area (Å²) in [5.41, 5.74) is 5.70. The quantitative estimate of drug-likeness (QED) is 0.837. The van der Waals surface area contributed by atoms with Crippen LogP contribution in [0.25, 0.3) is 0 Å². The lowest BCUT2D eigenvalue weighted by atomic mass is 9.92. The van der Waals surface area contributed by atoms with Crippen molar-refractivity contribution in [1.82, 2.24) is 4.90 Å². The van der Waals surface area contributed by atoms with E-state index in [1.165, 1.54) is 4.90 Å². The van der Waals surface area contributed by atoms with E-state index in [0.717, 1.165) is 12.8 Å². The van der Waals surface area contributed by atoms with Crippen LogP contribution in [0.2, 0.25) is 0 Å². The second-order valence-electron chi connectivity index (χ2n) is 4.39. The van der Waals surface area contributed by atoms with Gasteiger partial charge in [-0.1, -0.05) is 0 Å². The van der Waals surface area contributed by atoms with Crippen LogP contribution in [0.1, 0.15) is 26.2 Å². The molecule has 1 heterocycles. The maximum atomic E-state index is 12.0. The van der Waals surface area contributed by atoms with Gasteiger partial charge in [0.05, 0.1) is 0 Å². The zero-order valence-corrected chi connectivity index (χ0v) is 10.5. The summed E-state index contributed by atoms with van der Waals surface area (Å²) in [6.45, 7) is 2.59. The number of hydrogen-bond acceptors (Lipinski definition) is 2. The Morgan fingerprint density at radius 2 is 2.12 bits per heavy atom. The van der Waals surface area contributed by atoms with Crippen LogP contribution in [0.15, 0.2) is 0 Å². The standard InChI is InChI=1S/C10H17F3N2O.ClH/c1-7(14)8-3-2-4-15(6-8)9(16)5-10(11,12)13;/h7-8H,2-6,14H2,1H3;1H. The first-order valence-corrected chi connectivity index (χ1v) is 5.39. The van der Waals surface area contributed by atoms with Gasteiger partial charge in [-0.3, -0.25) is 4.79 Å². The van der Waals surface area contributed by atoms with E-state index in [0.29, 0.717) is 13.1 Å². The van der Waals surface area contributed by atoms with Gasteiger partial charge in [0.25, 0.3) is 0 Å². The van der Waals surface area contributed by atoms with E-state index in [-0.39, 0.29) is 24.4 Å². The van der Waals surface area contributed by atoms with Crippen LogP contribution >= 0.6 is 12.4 Å². The smallest absolute Gasteiger partial charge is 0.342 e. The fourth-order valence-electron chi connectivity index (χ4n) is 1.95. The zero-order chi connectivity index (χ0) is 12.3. The van der Waals surface area contributed by atoms with E-state index in [1.807, 2.05) is 6.92 Å². The van der Waals surface area contributed by atoms with Gasteiger partial charge in [0.15, 0.2) is 0 Å². The van der Waals surface area contributed by atoms with Crippen LogP contribution in [-0.4, -0.2) is 36.1 Å². The Balaban J connectivity index is 0.00000256. The average Bonchev–Trinajstić information content (AvgIpc) is 2.15. The highest BCUT2D eigenvalue weighted by molar-refractivity contribution is 5.85. The van der Waals surface area contributed by atoms with Gasteiger partial charge in [0.2, 0.25) is 5.91 Å². The molecule has 0 aromatic rings. The van der Waals surface area contributed by atoms with Crippen molar-refractivity contribution in [2.24, 2.45) is 11.7 Å². The number of carbonyl (C=O) groups excluding carboxylic acids is 1. The maximum Gasteiger partial charge on any atom is 0.397 e. The first kappa shape index (κ1) is 16.5. The van der Waals surface area contributed by atoms with Crippen molar-refractivity contribution in [2.45, 2.75) is 38.4 Å². The highest BCUT2D eigenvalue weighted by Crippen LogP contribution is 2.24. The predicted octanol–water partition coefficient (Wildman–Crippen LogP) is 1.95. The molecule has 2 N–H and O–H groups in total. The maximum absolute atomic E-state index is 12.0. The third-order valence-corrected chi connectivity index (χ3v) is 2.91. The van der Waals surface area contributed by atoms with Crippen LogP contribution in [0, 0.1) is 5.92 Å². The van der Waals surface area contributed by atoms with Gasteiger partial charge in [0, 0.05) is 19.1 Å². The number of rotatable bonds is 2. The Morgan fingerprint density at radius 3 is 2.59 bits per heavy atom. The second-order valence-corrected chi connectivity index (χ2v) is 4.39. The molecule has 1 saturated heterocycles. The van der Waals surface area contributed by atoms with Crippen LogP contribution in [0.4, 0.5) is 13.2 Å². The molecule has 102 valence electrons. The van der Waals surface area contributed by atoms with E-state index in [1.54, 1.807) is 0 Å². The van der Waals surface area contributed by atoms with Crippen molar-refractivity contribution in [2.75, 3.05) is 13.1 Å². The van der Waals surface area contributed by atoms with Gasteiger partial charge >= 0.3 is 6.18 Å². The van der Waals surface area contributed by atoms with Crippen LogP contribution in [-0.2, 0) is 4.79 Å². The molecule has 1 amide bonds. The molecular formula is C10H18ClF3N2O. The summed E-state index contributed by atoms with van der Waals surface area (Å²) in [6, 6.07) is -0.0820. The summed E-state index contributed by atoms with van der Waals surface area (Å²) in [5, 5.41) is 0. The van der Waals surface area contributed by atoms with Crippen molar-refractivity contribution in [3.63, 3.8) is 0 Å². The molecule has 0 spiro atoms. The molecular weight excluding hydrogens is 257 g/mol. The van der Waals surface area contributed by atoms with Crippen molar-refractivity contribution in [1.29, 1.82) is 0 Å². The van der Waals surface area contributed by atoms with Crippen LogP contribution in [0.3, 0.4) is 0 Å². The van der Waals surface area contributed by atoms with E-state index >= 15 is 0 Å². The SMILES string of the molecule is CC(N)C1CCCN(C(=O)CC(F)(F)F)C1.Cl. The Bertz CT molecular complexity index is 258. The molecule has 0 aromatic heterocycles. The van der Waals surface area contributed by atoms with Gasteiger partial charge in [-0.15, -0.1) is 12.4 Å². The number of amides is 1. The molecule has 17 heavy (non-hydrogen) atoms. The van der Waals surface area contributed by atoms with E-state index in [2.05, 4.69) is 0 Å². The molecule has 7 heteroatoms. The monoisotopic (exact) mass is 274 g/mol. The number of hydrogen-bond donors (Lipinski definition) is 1. The Morgan fingerprint density at radius 1 is 1.53 bits per heavy atom. The number of nitrogens with two attached hydrogens (primary N) is 1. The fourth-order valence-corrected chi connectivity index (χ4v) is 1.95. The van der Waals surface area contributed by atoms with Crippen molar-refractivity contribution < 1.29 is 18.0 Å². The van der Waals surface area contributed by atoms with Gasteiger partial charge < -0.3 is 10.6 Å². The molecule has 0 radical (unpaired) electrons. The summed E-state index contributed by atoms with van der Waals surface area (Å²) in [6.07, 6.45) is -4.17. The second kappa shape index (κ2) is 6.44. The molecule has 0 aromatic carbocycles. The lowest BCUT2D eigenvalue weighted by molar-refractivity contribution is -0.162. The minimum atomic E-state index is -4.42. The molecule has 2 unspecified atom stereocenters. The minimum absolute atomic E-state index is 0. The summed E-state index contributed by atoms with van der Waals surface area (Å²) < 4.78 is 36.1. The van der Waals surface area contributed by atoms with Crippen molar-refractivity contribution >= 4 is 18.3 Å². The zero-order valence-electron chi connectivity index (χ0n) is 9.67. The number of halogens is 4. The van der Waals surface area contributed by atoms with E-state index in [9.17, 15) is 18.0 Å². The molecule has 3 nitrogen and oxygen atoms in total. The average molecular weight is 275 g/mol.